The SMILES string of the molecule is CC(O)(CNS(=O)(=O)c1ccc(Cl)s1)c1ccc(-c2ccccc2)cc1. The molecular formula is C19H18ClNO3S2. The Hall–Kier alpha value is -1.70. The van der Waals surface area contributed by atoms with E-state index in [1.54, 1.807) is 19.1 Å². The molecule has 2 aromatic carbocycles. The normalized spacial score (nSPS) is 14.1. The molecule has 26 heavy (non-hydrogen) atoms. The molecule has 3 rings (SSSR count). The van der Waals surface area contributed by atoms with Crippen LogP contribution in [0, 0.1) is 0 Å². The largest absolute Gasteiger partial charge is 0.384 e. The van der Waals surface area contributed by atoms with Gasteiger partial charge in [0.05, 0.1) is 4.34 Å². The van der Waals surface area contributed by atoms with Crippen molar-refractivity contribution >= 4 is 33.0 Å². The van der Waals surface area contributed by atoms with Crippen molar-refractivity contribution in [2.75, 3.05) is 6.54 Å². The zero-order chi connectivity index (χ0) is 18.8. The quantitative estimate of drug-likeness (QED) is 0.641. The van der Waals surface area contributed by atoms with Gasteiger partial charge in [-0.25, -0.2) is 13.1 Å². The number of aliphatic hydroxyl groups is 1. The van der Waals surface area contributed by atoms with Gasteiger partial charge in [-0.1, -0.05) is 66.2 Å². The Bertz CT molecular complexity index is 981. The van der Waals surface area contributed by atoms with Crippen LogP contribution >= 0.6 is 22.9 Å². The van der Waals surface area contributed by atoms with Crippen molar-refractivity contribution in [1.29, 1.82) is 0 Å². The number of nitrogens with one attached hydrogen (secondary N) is 1. The van der Waals surface area contributed by atoms with Gasteiger partial charge in [0.1, 0.15) is 9.81 Å². The summed E-state index contributed by atoms with van der Waals surface area (Å²) in [7, 11) is -3.71. The van der Waals surface area contributed by atoms with E-state index in [2.05, 4.69) is 4.72 Å². The lowest BCUT2D eigenvalue weighted by molar-refractivity contribution is 0.0628. The van der Waals surface area contributed by atoms with E-state index in [4.69, 9.17) is 11.6 Å². The zero-order valence-electron chi connectivity index (χ0n) is 14.0. The molecule has 0 amide bonds. The minimum Gasteiger partial charge on any atom is -0.384 e. The smallest absolute Gasteiger partial charge is 0.250 e. The van der Waals surface area contributed by atoms with Crippen LogP contribution in [0.3, 0.4) is 0 Å². The third kappa shape index (κ3) is 4.34. The summed E-state index contributed by atoms with van der Waals surface area (Å²) in [6.07, 6.45) is 0. The molecule has 2 N–H and O–H groups in total. The van der Waals surface area contributed by atoms with Gasteiger partial charge < -0.3 is 5.11 Å². The number of thiophene rings is 1. The van der Waals surface area contributed by atoms with Crippen molar-refractivity contribution in [2.24, 2.45) is 0 Å². The Balaban J connectivity index is 1.74. The fraction of sp³-hybridized carbons (Fsp3) is 0.158. The summed E-state index contributed by atoms with van der Waals surface area (Å²) in [6.45, 7) is 1.43. The molecule has 0 spiro atoms. The lowest BCUT2D eigenvalue weighted by atomic mass is 9.94. The Morgan fingerprint density at radius 1 is 1.00 bits per heavy atom. The molecule has 0 aliphatic carbocycles. The van der Waals surface area contributed by atoms with Gasteiger partial charge in [-0.15, -0.1) is 11.3 Å². The van der Waals surface area contributed by atoms with Crippen LogP contribution in [0.5, 0.6) is 0 Å². The molecule has 1 unspecified atom stereocenters. The predicted octanol–water partition coefficient (Wildman–Crippen LogP) is 4.25. The Kier molecular flexibility index (Phi) is 5.50. The third-order valence-electron chi connectivity index (χ3n) is 4.03. The molecule has 136 valence electrons. The van der Waals surface area contributed by atoms with Crippen molar-refractivity contribution in [1.82, 2.24) is 4.72 Å². The van der Waals surface area contributed by atoms with Gasteiger partial charge in [0, 0.05) is 6.54 Å². The molecule has 0 saturated heterocycles. The first kappa shape index (κ1) is 19.1. The van der Waals surface area contributed by atoms with Crippen molar-refractivity contribution in [3.63, 3.8) is 0 Å². The van der Waals surface area contributed by atoms with E-state index in [0.29, 0.717) is 9.90 Å². The van der Waals surface area contributed by atoms with E-state index >= 15 is 0 Å². The molecule has 1 heterocycles. The Labute approximate surface area is 162 Å². The second kappa shape index (κ2) is 7.50. The van der Waals surface area contributed by atoms with Crippen LogP contribution in [0.25, 0.3) is 11.1 Å². The zero-order valence-corrected chi connectivity index (χ0v) is 16.4. The molecule has 0 saturated carbocycles. The van der Waals surface area contributed by atoms with E-state index in [9.17, 15) is 13.5 Å². The first-order valence-corrected chi connectivity index (χ1v) is 10.6. The van der Waals surface area contributed by atoms with Crippen LogP contribution in [0.15, 0.2) is 70.9 Å². The van der Waals surface area contributed by atoms with E-state index in [1.807, 2.05) is 42.5 Å². The van der Waals surface area contributed by atoms with Crippen LogP contribution in [-0.2, 0) is 15.6 Å². The van der Waals surface area contributed by atoms with Crippen molar-refractivity contribution < 1.29 is 13.5 Å². The van der Waals surface area contributed by atoms with Gasteiger partial charge in [0.25, 0.3) is 0 Å². The minimum absolute atomic E-state index is 0.123. The summed E-state index contributed by atoms with van der Waals surface area (Å²) in [5.41, 5.74) is 1.39. The van der Waals surface area contributed by atoms with Gasteiger partial charge in [0.2, 0.25) is 10.0 Å². The topological polar surface area (TPSA) is 66.4 Å². The maximum atomic E-state index is 12.3. The Morgan fingerprint density at radius 2 is 1.62 bits per heavy atom. The van der Waals surface area contributed by atoms with Gasteiger partial charge in [-0.05, 0) is 35.7 Å². The first-order valence-electron chi connectivity index (χ1n) is 7.91. The molecule has 0 aliphatic heterocycles. The number of halogens is 1. The number of hydrogen-bond acceptors (Lipinski definition) is 4. The highest BCUT2D eigenvalue weighted by molar-refractivity contribution is 7.91. The van der Waals surface area contributed by atoms with Crippen LogP contribution in [0.2, 0.25) is 4.34 Å². The second-order valence-corrected chi connectivity index (χ2v) is 9.81. The highest BCUT2D eigenvalue weighted by atomic mass is 35.5. The van der Waals surface area contributed by atoms with E-state index in [0.717, 1.165) is 22.5 Å². The molecule has 4 nitrogen and oxygen atoms in total. The molecule has 0 aliphatic rings. The summed E-state index contributed by atoms with van der Waals surface area (Å²) in [5.74, 6) is 0. The monoisotopic (exact) mass is 407 g/mol. The Morgan fingerprint density at radius 3 is 2.19 bits per heavy atom. The molecular weight excluding hydrogens is 390 g/mol. The van der Waals surface area contributed by atoms with E-state index < -0.39 is 15.6 Å². The summed E-state index contributed by atoms with van der Waals surface area (Å²) in [6, 6.07) is 20.3. The standard InChI is InChI=1S/C19H18ClNO3S2/c1-19(22,13-21-26(23,24)18-12-11-17(20)25-18)16-9-7-15(8-10-16)14-5-3-2-4-6-14/h2-12,21-22H,13H2,1H3. The molecule has 7 heteroatoms. The molecule has 3 aromatic rings. The number of benzene rings is 2. The third-order valence-corrected chi connectivity index (χ3v) is 7.16. The van der Waals surface area contributed by atoms with Gasteiger partial charge in [-0.2, -0.15) is 0 Å². The highest BCUT2D eigenvalue weighted by Crippen LogP contribution is 2.27. The second-order valence-electron chi connectivity index (χ2n) is 6.10. The van der Waals surface area contributed by atoms with Crippen LogP contribution in [-0.4, -0.2) is 20.1 Å². The molecule has 0 bridgehead atoms. The summed E-state index contributed by atoms with van der Waals surface area (Å²) >= 11 is 6.77. The predicted molar refractivity (Wildman–Crippen MR) is 106 cm³/mol. The summed E-state index contributed by atoms with van der Waals surface area (Å²) in [4.78, 5) is 0. The maximum absolute atomic E-state index is 12.3. The van der Waals surface area contributed by atoms with Gasteiger partial charge in [-0.3, -0.25) is 0 Å². The molecule has 1 aromatic heterocycles. The van der Waals surface area contributed by atoms with Crippen LogP contribution < -0.4 is 4.72 Å². The molecule has 1 atom stereocenters. The van der Waals surface area contributed by atoms with Crippen LogP contribution in [0.1, 0.15) is 12.5 Å². The van der Waals surface area contributed by atoms with Crippen molar-refractivity contribution in [3.05, 3.63) is 76.6 Å². The lowest BCUT2D eigenvalue weighted by Gasteiger charge is -2.24. The van der Waals surface area contributed by atoms with Crippen molar-refractivity contribution in [3.8, 4) is 11.1 Å². The molecule has 0 radical (unpaired) electrons. The number of rotatable bonds is 6. The highest BCUT2D eigenvalue weighted by Gasteiger charge is 2.27. The van der Waals surface area contributed by atoms with Gasteiger partial charge in [0.15, 0.2) is 0 Å². The maximum Gasteiger partial charge on any atom is 0.250 e. The van der Waals surface area contributed by atoms with Crippen LogP contribution in [0.4, 0.5) is 0 Å². The summed E-state index contributed by atoms with van der Waals surface area (Å²) in [5, 5.41) is 10.7. The van der Waals surface area contributed by atoms with E-state index in [-0.39, 0.29) is 10.8 Å². The fourth-order valence-electron chi connectivity index (χ4n) is 2.50. The summed E-state index contributed by atoms with van der Waals surface area (Å²) < 4.78 is 27.6. The molecule has 0 fully saturated rings. The van der Waals surface area contributed by atoms with Gasteiger partial charge >= 0.3 is 0 Å². The fourth-order valence-corrected chi connectivity index (χ4v) is 5.16. The number of hydrogen-bond donors (Lipinski definition) is 2. The first-order chi connectivity index (χ1) is 12.3. The minimum atomic E-state index is -3.71. The average Bonchev–Trinajstić information content (AvgIpc) is 3.09. The van der Waals surface area contributed by atoms with Crippen molar-refractivity contribution in [2.45, 2.75) is 16.7 Å². The van der Waals surface area contributed by atoms with E-state index in [1.165, 1.54) is 12.1 Å². The average molecular weight is 408 g/mol. The number of sulfonamides is 1. The lowest BCUT2D eigenvalue weighted by Crippen LogP contribution is -2.38.